The maximum atomic E-state index is 5.77. The van der Waals surface area contributed by atoms with Gasteiger partial charge in [0.25, 0.3) is 0 Å². The third-order valence-corrected chi connectivity index (χ3v) is 5.31. The fourth-order valence-corrected chi connectivity index (χ4v) is 4.37. The highest BCUT2D eigenvalue weighted by atomic mass is 32.1. The third kappa shape index (κ3) is 3.08. The van der Waals surface area contributed by atoms with E-state index in [1.165, 1.54) is 14.3 Å². The van der Waals surface area contributed by atoms with Crippen LogP contribution in [0.25, 0.3) is 9.40 Å². The minimum atomic E-state index is -0.0627. The third-order valence-electron chi connectivity index (χ3n) is 3.15. The van der Waals surface area contributed by atoms with Crippen molar-refractivity contribution in [1.29, 1.82) is 0 Å². The maximum Gasteiger partial charge on any atom is 0.137 e. The van der Waals surface area contributed by atoms with Crippen LogP contribution in [-0.4, -0.2) is 11.6 Å². The molecule has 21 heavy (non-hydrogen) atoms. The Labute approximate surface area is 131 Å². The molecule has 3 aromatic heterocycles. The summed E-state index contributed by atoms with van der Waals surface area (Å²) in [4.78, 5) is 5.45. The lowest BCUT2D eigenvalue weighted by atomic mass is 10.1. The standard InChI is InChI=1S/C15H17N3OS2/c1-2-4-19-11-6-10(8-17-9-11)15(18-16)14-7-13-12(21-14)3-5-20-13/h3,5-9,15,18H,2,4,16H2,1H3. The lowest BCUT2D eigenvalue weighted by Crippen LogP contribution is -2.28. The summed E-state index contributed by atoms with van der Waals surface area (Å²) in [5, 5.41) is 2.11. The van der Waals surface area contributed by atoms with E-state index < -0.39 is 0 Å². The summed E-state index contributed by atoms with van der Waals surface area (Å²) in [6.07, 6.45) is 4.54. The van der Waals surface area contributed by atoms with E-state index in [2.05, 4.69) is 34.8 Å². The van der Waals surface area contributed by atoms with E-state index in [-0.39, 0.29) is 6.04 Å². The predicted octanol–water partition coefficient (Wildman–Crippen LogP) is 3.70. The normalized spacial score (nSPS) is 12.7. The first kappa shape index (κ1) is 14.5. The van der Waals surface area contributed by atoms with Crippen molar-refractivity contribution in [2.24, 2.45) is 5.84 Å². The molecule has 1 atom stereocenters. The van der Waals surface area contributed by atoms with Gasteiger partial charge in [0.1, 0.15) is 5.75 Å². The monoisotopic (exact) mass is 319 g/mol. The van der Waals surface area contributed by atoms with Crippen LogP contribution in [0.1, 0.15) is 29.8 Å². The van der Waals surface area contributed by atoms with E-state index in [1.807, 2.05) is 12.3 Å². The van der Waals surface area contributed by atoms with Crippen LogP contribution in [0.15, 0.2) is 36.0 Å². The van der Waals surface area contributed by atoms with Gasteiger partial charge in [-0.15, -0.1) is 22.7 Å². The van der Waals surface area contributed by atoms with Gasteiger partial charge in [0, 0.05) is 20.5 Å². The summed E-state index contributed by atoms with van der Waals surface area (Å²) >= 11 is 3.50. The van der Waals surface area contributed by atoms with Crippen molar-refractivity contribution < 1.29 is 4.74 Å². The molecule has 4 nitrogen and oxygen atoms in total. The van der Waals surface area contributed by atoms with Crippen LogP contribution in [0.3, 0.4) is 0 Å². The summed E-state index contributed by atoms with van der Waals surface area (Å²) in [5.74, 6) is 6.55. The molecule has 0 amide bonds. The maximum absolute atomic E-state index is 5.77. The largest absolute Gasteiger partial charge is 0.492 e. The number of fused-ring (bicyclic) bond motifs is 1. The smallest absolute Gasteiger partial charge is 0.137 e. The molecule has 0 saturated heterocycles. The van der Waals surface area contributed by atoms with Crippen molar-refractivity contribution in [3.05, 3.63) is 46.4 Å². The zero-order valence-electron chi connectivity index (χ0n) is 11.7. The minimum absolute atomic E-state index is 0.0627. The second-order valence-electron chi connectivity index (χ2n) is 4.70. The topological polar surface area (TPSA) is 60.2 Å². The number of thiophene rings is 2. The van der Waals surface area contributed by atoms with Gasteiger partial charge in [0.05, 0.1) is 18.8 Å². The van der Waals surface area contributed by atoms with Crippen molar-refractivity contribution in [3.63, 3.8) is 0 Å². The highest BCUT2D eigenvalue weighted by Gasteiger charge is 2.17. The second-order valence-corrected chi connectivity index (χ2v) is 6.76. The molecular weight excluding hydrogens is 302 g/mol. The molecule has 0 spiro atoms. The highest BCUT2D eigenvalue weighted by Crippen LogP contribution is 2.35. The zero-order valence-corrected chi connectivity index (χ0v) is 13.3. The molecule has 3 heterocycles. The van der Waals surface area contributed by atoms with Crippen molar-refractivity contribution in [3.8, 4) is 5.75 Å². The zero-order chi connectivity index (χ0) is 14.7. The van der Waals surface area contributed by atoms with Crippen LogP contribution < -0.4 is 16.0 Å². The van der Waals surface area contributed by atoms with E-state index in [0.717, 1.165) is 17.7 Å². The summed E-state index contributed by atoms with van der Waals surface area (Å²) in [5.41, 5.74) is 3.90. The SMILES string of the molecule is CCCOc1cncc(C(NN)c2cc3sccc3s2)c1. The van der Waals surface area contributed by atoms with Gasteiger partial charge in [-0.3, -0.25) is 10.8 Å². The molecule has 0 fully saturated rings. The number of pyridine rings is 1. The highest BCUT2D eigenvalue weighted by molar-refractivity contribution is 7.27. The number of rotatable bonds is 6. The molecule has 0 aliphatic rings. The van der Waals surface area contributed by atoms with Crippen LogP contribution in [-0.2, 0) is 0 Å². The first-order chi connectivity index (χ1) is 10.3. The Morgan fingerprint density at radius 1 is 1.33 bits per heavy atom. The van der Waals surface area contributed by atoms with Crippen LogP contribution in [0, 0.1) is 0 Å². The van der Waals surface area contributed by atoms with Gasteiger partial charge in [-0.1, -0.05) is 6.92 Å². The van der Waals surface area contributed by atoms with E-state index in [0.29, 0.717) is 6.61 Å². The molecule has 0 aromatic carbocycles. The van der Waals surface area contributed by atoms with Crippen molar-refractivity contribution in [2.45, 2.75) is 19.4 Å². The molecule has 6 heteroatoms. The van der Waals surface area contributed by atoms with Crippen LogP contribution in [0.5, 0.6) is 5.75 Å². The van der Waals surface area contributed by atoms with Gasteiger partial charge >= 0.3 is 0 Å². The molecule has 0 saturated carbocycles. The van der Waals surface area contributed by atoms with E-state index >= 15 is 0 Å². The minimum Gasteiger partial charge on any atom is -0.492 e. The molecule has 110 valence electrons. The van der Waals surface area contributed by atoms with Gasteiger partial charge < -0.3 is 4.74 Å². The lowest BCUT2D eigenvalue weighted by Gasteiger charge is -2.15. The number of aromatic nitrogens is 1. The Balaban J connectivity index is 1.90. The summed E-state index contributed by atoms with van der Waals surface area (Å²) < 4.78 is 8.23. The number of hydrogen-bond acceptors (Lipinski definition) is 6. The molecule has 1 unspecified atom stereocenters. The van der Waals surface area contributed by atoms with Crippen LogP contribution >= 0.6 is 22.7 Å². The molecule has 3 N–H and O–H groups in total. The number of hydrazine groups is 1. The van der Waals surface area contributed by atoms with Gasteiger partial charge in [-0.2, -0.15) is 0 Å². The Hall–Kier alpha value is -1.47. The fourth-order valence-electron chi connectivity index (χ4n) is 2.16. The summed E-state index contributed by atoms with van der Waals surface area (Å²) in [6, 6.07) is 6.27. The van der Waals surface area contributed by atoms with Crippen molar-refractivity contribution >= 4 is 32.1 Å². The number of nitrogens with zero attached hydrogens (tertiary/aromatic N) is 1. The number of nitrogens with one attached hydrogen (secondary N) is 1. The van der Waals surface area contributed by atoms with Crippen LogP contribution in [0.4, 0.5) is 0 Å². The Bertz CT molecular complexity index is 694. The summed E-state index contributed by atoms with van der Waals surface area (Å²) in [7, 11) is 0. The van der Waals surface area contributed by atoms with Crippen LogP contribution in [0.2, 0.25) is 0 Å². The molecule has 0 bridgehead atoms. The Kier molecular flexibility index (Phi) is 4.50. The van der Waals surface area contributed by atoms with E-state index in [9.17, 15) is 0 Å². The van der Waals surface area contributed by atoms with Crippen molar-refractivity contribution in [1.82, 2.24) is 10.4 Å². The lowest BCUT2D eigenvalue weighted by molar-refractivity contribution is 0.315. The first-order valence-corrected chi connectivity index (χ1v) is 8.52. The van der Waals surface area contributed by atoms with Gasteiger partial charge in [0.2, 0.25) is 0 Å². The average molecular weight is 319 g/mol. The quantitative estimate of drug-likeness (QED) is 0.537. The predicted molar refractivity (Wildman–Crippen MR) is 88.9 cm³/mol. The van der Waals surface area contributed by atoms with E-state index in [1.54, 1.807) is 28.9 Å². The molecule has 0 aliphatic carbocycles. The average Bonchev–Trinajstić information content (AvgIpc) is 3.08. The fraction of sp³-hybridized carbons (Fsp3) is 0.267. The Morgan fingerprint density at radius 3 is 3.00 bits per heavy atom. The first-order valence-electron chi connectivity index (χ1n) is 6.82. The number of nitrogens with two attached hydrogens (primary N) is 1. The van der Waals surface area contributed by atoms with Crippen molar-refractivity contribution in [2.75, 3.05) is 6.61 Å². The van der Waals surface area contributed by atoms with Gasteiger partial charge in [-0.05, 0) is 35.6 Å². The molecule has 3 aromatic rings. The summed E-state index contributed by atoms with van der Waals surface area (Å²) in [6.45, 7) is 2.78. The molecule has 0 radical (unpaired) electrons. The van der Waals surface area contributed by atoms with Gasteiger partial charge in [0.15, 0.2) is 0 Å². The molecule has 0 aliphatic heterocycles. The molecule has 3 rings (SSSR count). The molecular formula is C15H17N3OS2. The Morgan fingerprint density at radius 2 is 2.24 bits per heavy atom. The van der Waals surface area contributed by atoms with E-state index in [4.69, 9.17) is 10.6 Å². The number of ether oxygens (including phenoxy) is 1. The second kappa shape index (κ2) is 6.53. The van der Waals surface area contributed by atoms with Gasteiger partial charge in [-0.25, -0.2) is 5.43 Å². The number of hydrogen-bond donors (Lipinski definition) is 2.